The first kappa shape index (κ1) is 17.2. The van der Waals surface area contributed by atoms with Crippen LogP contribution >= 0.6 is 0 Å². The topological polar surface area (TPSA) is 73.2 Å². The highest BCUT2D eigenvalue weighted by molar-refractivity contribution is 5.43. The zero-order valence-electron chi connectivity index (χ0n) is 13.4. The third kappa shape index (κ3) is 4.20. The maximum atomic E-state index is 10.1. The fraction of sp³-hybridized carbons (Fsp3) is 0.647. The van der Waals surface area contributed by atoms with Crippen LogP contribution in [-0.2, 0) is 12.8 Å². The molecule has 5 nitrogen and oxygen atoms in total. The highest BCUT2D eigenvalue weighted by Crippen LogP contribution is 2.30. The van der Waals surface area contributed by atoms with Crippen LogP contribution in [-0.4, -0.2) is 64.8 Å². The van der Waals surface area contributed by atoms with E-state index in [0.717, 1.165) is 24.2 Å². The second kappa shape index (κ2) is 7.92. The average Bonchev–Trinajstić information content (AvgIpc) is 2.51. The van der Waals surface area contributed by atoms with Gasteiger partial charge in [-0.25, -0.2) is 0 Å². The van der Waals surface area contributed by atoms with E-state index >= 15 is 0 Å². The molecule has 3 N–H and O–H groups in total. The summed E-state index contributed by atoms with van der Waals surface area (Å²) in [5.74, 6) is 0.696. The fourth-order valence-corrected chi connectivity index (χ4v) is 2.89. The van der Waals surface area contributed by atoms with Crippen LogP contribution in [0.3, 0.4) is 0 Å². The average molecular weight is 309 g/mol. The lowest BCUT2D eigenvalue weighted by Crippen LogP contribution is -2.36. The highest BCUT2D eigenvalue weighted by atomic mass is 16.5. The predicted octanol–water partition coefficient (Wildman–Crippen LogP) is 0.588. The Bertz CT molecular complexity index is 476. The minimum Gasteiger partial charge on any atom is -0.491 e. The van der Waals surface area contributed by atoms with Crippen LogP contribution in [0.15, 0.2) is 18.2 Å². The van der Waals surface area contributed by atoms with Gasteiger partial charge in [0.05, 0.1) is 12.2 Å². The molecule has 0 aliphatic heterocycles. The van der Waals surface area contributed by atoms with Gasteiger partial charge < -0.3 is 25.0 Å². The van der Waals surface area contributed by atoms with E-state index in [9.17, 15) is 15.3 Å². The van der Waals surface area contributed by atoms with Crippen molar-refractivity contribution in [3.63, 3.8) is 0 Å². The Labute approximate surface area is 132 Å². The van der Waals surface area contributed by atoms with Crippen LogP contribution in [0.25, 0.3) is 0 Å². The van der Waals surface area contributed by atoms with Crippen LogP contribution in [0.1, 0.15) is 25.0 Å². The lowest BCUT2D eigenvalue weighted by atomic mass is 9.87. The molecule has 0 fully saturated rings. The molecule has 0 spiro atoms. The van der Waals surface area contributed by atoms with Gasteiger partial charge in [-0.05, 0) is 24.7 Å². The largest absolute Gasteiger partial charge is 0.491 e. The number of hydrogen-bond acceptors (Lipinski definition) is 5. The van der Waals surface area contributed by atoms with E-state index in [1.54, 1.807) is 0 Å². The Hall–Kier alpha value is -1.14. The molecule has 0 aromatic heterocycles. The molecule has 0 saturated heterocycles. The molecule has 3 atom stereocenters. The van der Waals surface area contributed by atoms with E-state index in [1.165, 1.54) is 0 Å². The molecule has 1 aromatic rings. The van der Waals surface area contributed by atoms with E-state index in [1.807, 2.05) is 18.2 Å². The monoisotopic (exact) mass is 309 g/mol. The molecule has 0 saturated carbocycles. The Morgan fingerprint density at radius 3 is 2.55 bits per heavy atom. The maximum absolute atomic E-state index is 10.1. The molecular weight excluding hydrogens is 282 g/mol. The number of nitrogens with zero attached hydrogens (tertiary/aromatic N) is 1. The number of hydrogen-bond donors (Lipinski definition) is 3. The molecule has 0 amide bonds. The summed E-state index contributed by atoms with van der Waals surface area (Å²) in [7, 11) is 0. The van der Waals surface area contributed by atoms with E-state index in [0.29, 0.717) is 25.1 Å². The van der Waals surface area contributed by atoms with Gasteiger partial charge in [-0.15, -0.1) is 0 Å². The normalized spacial score (nSPS) is 22.5. The van der Waals surface area contributed by atoms with Crippen molar-refractivity contribution in [3.05, 3.63) is 29.3 Å². The second-order valence-corrected chi connectivity index (χ2v) is 5.89. The van der Waals surface area contributed by atoms with E-state index in [2.05, 4.69) is 18.7 Å². The van der Waals surface area contributed by atoms with Gasteiger partial charge in [0.15, 0.2) is 0 Å². The number of benzene rings is 1. The predicted molar refractivity (Wildman–Crippen MR) is 85.2 cm³/mol. The Morgan fingerprint density at radius 2 is 1.86 bits per heavy atom. The number of ether oxygens (including phenoxy) is 1. The molecule has 0 radical (unpaired) electrons. The quantitative estimate of drug-likeness (QED) is 0.687. The lowest BCUT2D eigenvalue weighted by Gasteiger charge is -2.28. The van der Waals surface area contributed by atoms with Gasteiger partial charge >= 0.3 is 0 Å². The zero-order chi connectivity index (χ0) is 16.1. The third-order valence-electron chi connectivity index (χ3n) is 4.31. The molecule has 22 heavy (non-hydrogen) atoms. The minimum atomic E-state index is -0.752. The molecule has 0 unspecified atom stereocenters. The van der Waals surface area contributed by atoms with Crippen LogP contribution in [0.4, 0.5) is 0 Å². The first-order chi connectivity index (χ1) is 10.5. The Morgan fingerprint density at radius 1 is 1.18 bits per heavy atom. The van der Waals surface area contributed by atoms with E-state index in [4.69, 9.17) is 4.74 Å². The van der Waals surface area contributed by atoms with Gasteiger partial charge in [0, 0.05) is 24.9 Å². The summed E-state index contributed by atoms with van der Waals surface area (Å²) in [5, 5.41) is 29.7. The van der Waals surface area contributed by atoms with Gasteiger partial charge in [-0.2, -0.15) is 0 Å². The van der Waals surface area contributed by atoms with E-state index in [-0.39, 0.29) is 6.61 Å². The molecule has 1 aliphatic carbocycles. The fourth-order valence-electron chi connectivity index (χ4n) is 2.89. The zero-order valence-corrected chi connectivity index (χ0v) is 13.4. The van der Waals surface area contributed by atoms with Gasteiger partial charge in [-0.3, -0.25) is 0 Å². The highest BCUT2D eigenvalue weighted by Gasteiger charge is 2.27. The van der Waals surface area contributed by atoms with Crippen LogP contribution in [0, 0.1) is 0 Å². The smallest absolute Gasteiger partial charge is 0.123 e. The standard InChI is InChI=1S/C17H27NO4/c1-3-18(4-2)10-13(19)11-22-17-7-5-6-12-8-15(20)16(21)9-14(12)17/h5-7,13,15-16,19-21H,3-4,8-11H2,1-2H3/t13-,15+,16+/m0/s1. The van der Waals surface area contributed by atoms with Gasteiger partial charge in [0.25, 0.3) is 0 Å². The molecule has 1 aromatic carbocycles. The van der Waals surface area contributed by atoms with Crippen molar-refractivity contribution in [3.8, 4) is 5.75 Å². The number of rotatable bonds is 7. The first-order valence-corrected chi connectivity index (χ1v) is 8.05. The molecule has 5 heteroatoms. The first-order valence-electron chi connectivity index (χ1n) is 8.05. The van der Waals surface area contributed by atoms with Crippen molar-refractivity contribution in [2.45, 2.75) is 45.0 Å². The van der Waals surface area contributed by atoms with Gasteiger partial charge in [0.2, 0.25) is 0 Å². The summed E-state index contributed by atoms with van der Waals surface area (Å²) in [6.45, 7) is 6.75. The number of aliphatic hydroxyl groups excluding tert-OH is 3. The minimum absolute atomic E-state index is 0.228. The van der Waals surface area contributed by atoms with Gasteiger partial charge in [-0.1, -0.05) is 26.0 Å². The molecular formula is C17H27NO4. The summed E-state index contributed by atoms with van der Waals surface area (Å²) in [5.41, 5.74) is 1.95. The van der Waals surface area contributed by atoms with Crippen LogP contribution in [0.2, 0.25) is 0 Å². The summed E-state index contributed by atoms with van der Waals surface area (Å²) < 4.78 is 5.77. The molecule has 2 rings (SSSR count). The van der Waals surface area contributed by atoms with Crippen molar-refractivity contribution in [1.29, 1.82) is 0 Å². The lowest BCUT2D eigenvalue weighted by molar-refractivity contribution is 0.0130. The number of aliphatic hydroxyl groups is 3. The van der Waals surface area contributed by atoms with Crippen molar-refractivity contribution in [2.24, 2.45) is 0 Å². The molecule has 0 bridgehead atoms. The SMILES string of the molecule is CCN(CC)C[C@H](O)COc1cccc2c1C[C@@H](O)[C@H](O)C2. The molecule has 1 aliphatic rings. The summed E-state index contributed by atoms with van der Waals surface area (Å²) in [6.07, 6.45) is -1.18. The van der Waals surface area contributed by atoms with Crippen molar-refractivity contribution < 1.29 is 20.1 Å². The van der Waals surface area contributed by atoms with Crippen LogP contribution < -0.4 is 4.74 Å². The number of fused-ring (bicyclic) bond motifs is 1. The van der Waals surface area contributed by atoms with E-state index < -0.39 is 18.3 Å². The summed E-state index contributed by atoms with van der Waals surface area (Å²) in [6, 6.07) is 5.69. The maximum Gasteiger partial charge on any atom is 0.123 e. The number of likely N-dealkylation sites (N-methyl/N-ethyl adjacent to an activating group) is 1. The van der Waals surface area contributed by atoms with Crippen molar-refractivity contribution >= 4 is 0 Å². The summed E-state index contributed by atoms with van der Waals surface area (Å²) in [4.78, 5) is 2.15. The van der Waals surface area contributed by atoms with Crippen molar-refractivity contribution in [2.75, 3.05) is 26.2 Å². The van der Waals surface area contributed by atoms with Crippen LogP contribution in [0.5, 0.6) is 5.75 Å². The molecule has 124 valence electrons. The second-order valence-electron chi connectivity index (χ2n) is 5.89. The van der Waals surface area contributed by atoms with Crippen molar-refractivity contribution in [1.82, 2.24) is 4.90 Å². The Balaban J connectivity index is 1.98. The summed E-state index contributed by atoms with van der Waals surface area (Å²) >= 11 is 0. The Kier molecular flexibility index (Phi) is 6.20. The third-order valence-corrected chi connectivity index (χ3v) is 4.31. The molecule has 0 heterocycles. The van der Waals surface area contributed by atoms with Gasteiger partial charge in [0.1, 0.15) is 18.5 Å².